The summed E-state index contributed by atoms with van der Waals surface area (Å²) in [6.07, 6.45) is 2.77. The molecule has 0 heterocycles. The number of methoxy groups -OCH3 is 2. The van der Waals surface area contributed by atoms with Gasteiger partial charge >= 0.3 is 0 Å². The van der Waals surface area contributed by atoms with E-state index in [-0.39, 0.29) is 34.9 Å². The molecule has 0 aromatic heterocycles. The zero-order valence-electron chi connectivity index (χ0n) is 26.7. The molecule has 1 atom stereocenters. The fraction of sp³-hybridized carbons (Fsp3) is 0.278. The van der Waals surface area contributed by atoms with Crippen LogP contribution in [-0.2, 0) is 27.7 Å². The number of carbonyl (C=O) groups is 2. The number of fused-ring (bicyclic) bond motifs is 1. The Morgan fingerprint density at radius 1 is 0.870 bits per heavy atom. The van der Waals surface area contributed by atoms with Crippen LogP contribution in [0.1, 0.15) is 45.9 Å². The molecule has 9 nitrogen and oxygen atoms in total. The van der Waals surface area contributed by atoms with Crippen LogP contribution in [0.2, 0.25) is 0 Å². The second-order valence-corrected chi connectivity index (χ2v) is 13.3. The van der Waals surface area contributed by atoms with Crippen molar-refractivity contribution in [1.29, 1.82) is 0 Å². The number of nitrogens with one attached hydrogen (secondary N) is 1. The van der Waals surface area contributed by atoms with Gasteiger partial charge in [0.05, 0.1) is 26.7 Å². The van der Waals surface area contributed by atoms with Crippen LogP contribution >= 0.6 is 0 Å². The fourth-order valence-electron chi connectivity index (χ4n) is 5.86. The quantitative estimate of drug-likeness (QED) is 0.230. The molecule has 0 fully saturated rings. The van der Waals surface area contributed by atoms with Crippen LogP contribution in [0, 0.1) is 0 Å². The van der Waals surface area contributed by atoms with E-state index in [1.54, 1.807) is 75.6 Å². The van der Waals surface area contributed by atoms with E-state index in [9.17, 15) is 18.0 Å². The maximum Gasteiger partial charge on any atom is 0.265 e. The van der Waals surface area contributed by atoms with Crippen LogP contribution in [0.3, 0.4) is 0 Å². The number of amides is 2. The SMILES string of the molecule is COc1cccc(CC(=O)N(C)C2CCCc3ccc(NS(=O)(=O)c4cc(-c5cccc(C(=O)N(C)C)c5)ccc4OC)cc32)c1. The maximum absolute atomic E-state index is 13.8. The molecule has 0 bridgehead atoms. The molecule has 1 N–H and O–H groups in total. The summed E-state index contributed by atoms with van der Waals surface area (Å²) >= 11 is 0. The Bertz CT molecular complexity index is 1870. The van der Waals surface area contributed by atoms with Crippen molar-refractivity contribution in [1.82, 2.24) is 9.80 Å². The van der Waals surface area contributed by atoms with Crippen molar-refractivity contribution in [2.24, 2.45) is 0 Å². The third kappa shape index (κ3) is 7.02. The summed E-state index contributed by atoms with van der Waals surface area (Å²) in [5, 5.41) is 0. The van der Waals surface area contributed by atoms with Crippen molar-refractivity contribution in [3.63, 3.8) is 0 Å². The maximum atomic E-state index is 13.8. The van der Waals surface area contributed by atoms with Gasteiger partial charge < -0.3 is 19.3 Å². The highest BCUT2D eigenvalue weighted by Gasteiger charge is 2.28. The fourth-order valence-corrected chi connectivity index (χ4v) is 7.11. The molecule has 46 heavy (non-hydrogen) atoms. The summed E-state index contributed by atoms with van der Waals surface area (Å²) in [7, 11) is 4.09. The molecule has 10 heteroatoms. The van der Waals surface area contributed by atoms with E-state index in [2.05, 4.69) is 4.72 Å². The first-order chi connectivity index (χ1) is 22.0. The molecule has 5 rings (SSSR count). The number of hydrogen-bond donors (Lipinski definition) is 1. The Hall–Kier alpha value is -4.83. The van der Waals surface area contributed by atoms with Crippen LogP contribution in [0.15, 0.2) is 89.8 Å². The van der Waals surface area contributed by atoms with Gasteiger partial charge in [0.1, 0.15) is 16.4 Å². The summed E-state index contributed by atoms with van der Waals surface area (Å²) in [6.45, 7) is 0. The monoisotopic (exact) mass is 641 g/mol. The summed E-state index contributed by atoms with van der Waals surface area (Å²) in [5.41, 5.74) is 5.09. The topological polar surface area (TPSA) is 105 Å². The Labute approximate surface area is 270 Å². The van der Waals surface area contributed by atoms with Gasteiger partial charge in [-0.15, -0.1) is 0 Å². The smallest absolute Gasteiger partial charge is 0.265 e. The first-order valence-corrected chi connectivity index (χ1v) is 16.5. The van der Waals surface area contributed by atoms with E-state index < -0.39 is 10.0 Å². The van der Waals surface area contributed by atoms with Gasteiger partial charge in [-0.2, -0.15) is 0 Å². The lowest BCUT2D eigenvalue weighted by Gasteiger charge is -2.34. The molecular weight excluding hydrogens is 602 g/mol. The highest BCUT2D eigenvalue weighted by molar-refractivity contribution is 7.92. The van der Waals surface area contributed by atoms with E-state index in [1.165, 1.54) is 12.0 Å². The second-order valence-electron chi connectivity index (χ2n) is 11.6. The summed E-state index contributed by atoms with van der Waals surface area (Å²) in [5.74, 6) is 0.705. The van der Waals surface area contributed by atoms with E-state index in [0.717, 1.165) is 36.0 Å². The van der Waals surface area contributed by atoms with Crippen LogP contribution in [0.25, 0.3) is 11.1 Å². The van der Waals surface area contributed by atoms with Gasteiger partial charge in [-0.1, -0.05) is 36.4 Å². The third-order valence-electron chi connectivity index (χ3n) is 8.33. The molecular formula is C36H39N3O6S. The summed E-state index contributed by atoms with van der Waals surface area (Å²) in [4.78, 5) is 29.1. The van der Waals surface area contributed by atoms with Gasteiger partial charge in [0.2, 0.25) is 5.91 Å². The van der Waals surface area contributed by atoms with Gasteiger partial charge in [0.15, 0.2) is 0 Å². The number of hydrogen-bond acceptors (Lipinski definition) is 6. The molecule has 0 aliphatic heterocycles. The second kappa shape index (κ2) is 13.7. The van der Waals surface area contributed by atoms with Crippen molar-refractivity contribution in [2.75, 3.05) is 40.1 Å². The van der Waals surface area contributed by atoms with E-state index >= 15 is 0 Å². The first-order valence-electron chi connectivity index (χ1n) is 15.0. The number of ether oxygens (including phenoxy) is 2. The molecule has 4 aromatic rings. The zero-order chi connectivity index (χ0) is 33.0. The van der Waals surface area contributed by atoms with E-state index in [1.807, 2.05) is 42.5 Å². The van der Waals surface area contributed by atoms with Crippen molar-refractivity contribution in [2.45, 2.75) is 36.6 Å². The number of nitrogens with zero attached hydrogens (tertiary/aromatic N) is 2. The van der Waals surface area contributed by atoms with Gasteiger partial charge in [-0.25, -0.2) is 8.42 Å². The van der Waals surface area contributed by atoms with Gasteiger partial charge in [-0.3, -0.25) is 14.3 Å². The molecule has 1 unspecified atom stereocenters. The van der Waals surface area contributed by atoms with Crippen molar-refractivity contribution >= 4 is 27.5 Å². The number of anilines is 1. The number of rotatable bonds is 10. The van der Waals surface area contributed by atoms with Crippen LogP contribution in [0.5, 0.6) is 11.5 Å². The Morgan fingerprint density at radius 3 is 2.37 bits per heavy atom. The molecule has 0 saturated heterocycles. The molecule has 1 aliphatic rings. The lowest BCUT2D eigenvalue weighted by Crippen LogP contribution is -2.34. The number of aryl methyl sites for hydroxylation is 1. The molecule has 240 valence electrons. The molecule has 0 saturated carbocycles. The van der Waals surface area contributed by atoms with Crippen LogP contribution in [-0.4, -0.2) is 65.4 Å². The molecule has 1 aliphatic carbocycles. The molecule has 0 spiro atoms. The highest BCUT2D eigenvalue weighted by atomic mass is 32.2. The van der Waals surface area contributed by atoms with Crippen molar-refractivity contribution in [3.05, 3.63) is 107 Å². The number of likely N-dealkylation sites (N-methyl/N-ethyl adjacent to an activating group) is 1. The minimum Gasteiger partial charge on any atom is -0.497 e. The molecule has 2 amide bonds. The number of carbonyl (C=O) groups excluding carboxylic acids is 2. The van der Waals surface area contributed by atoms with Crippen molar-refractivity contribution in [3.8, 4) is 22.6 Å². The lowest BCUT2D eigenvalue weighted by molar-refractivity contribution is -0.131. The standard InChI is InChI=1S/C36H39N3O6S/c1-38(2)36(41)28-12-7-11-26(21-28)27-16-18-33(45-5)34(22-27)46(42,43)37-29-17-15-25-10-8-14-32(31(25)23-29)39(3)35(40)20-24-9-6-13-30(19-24)44-4/h6-7,9,11-13,15-19,21-23,32,37H,8,10,14,20H2,1-5H3. The Morgan fingerprint density at radius 2 is 1.63 bits per heavy atom. The predicted molar refractivity (Wildman–Crippen MR) is 179 cm³/mol. The zero-order valence-corrected chi connectivity index (χ0v) is 27.6. The summed E-state index contributed by atoms with van der Waals surface area (Å²) in [6, 6.07) is 24.8. The average Bonchev–Trinajstić information content (AvgIpc) is 3.06. The van der Waals surface area contributed by atoms with Crippen LogP contribution in [0.4, 0.5) is 5.69 Å². The average molecular weight is 642 g/mol. The van der Waals surface area contributed by atoms with Gasteiger partial charge in [-0.05, 0) is 95.6 Å². The normalized spacial score (nSPS) is 14.2. The van der Waals surface area contributed by atoms with Crippen LogP contribution < -0.4 is 14.2 Å². The van der Waals surface area contributed by atoms with Gasteiger partial charge in [0.25, 0.3) is 15.9 Å². The minimum absolute atomic E-state index is 0.0308. The Kier molecular flexibility index (Phi) is 9.67. The summed E-state index contributed by atoms with van der Waals surface area (Å²) < 4.78 is 41.2. The van der Waals surface area contributed by atoms with E-state index in [0.29, 0.717) is 28.1 Å². The van der Waals surface area contributed by atoms with Gasteiger partial charge in [0, 0.05) is 32.4 Å². The highest BCUT2D eigenvalue weighted by Crippen LogP contribution is 2.37. The first kappa shape index (κ1) is 32.6. The minimum atomic E-state index is -4.10. The van der Waals surface area contributed by atoms with Crippen molar-refractivity contribution < 1.29 is 27.5 Å². The third-order valence-corrected chi connectivity index (χ3v) is 9.74. The predicted octanol–water partition coefficient (Wildman–Crippen LogP) is 5.95. The molecule has 4 aromatic carbocycles. The number of sulfonamides is 1. The van der Waals surface area contributed by atoms with E-state index in [4.69, 9.17) is 9.47 Å². The number of benzene rings is 4. The largest absolute Gasteiger partial charge is 0.497 e. The lowest BCUT2D eigenvalue weighted by atomic mass is 9.86. The Balaban J connectivity index is 1.41. The molecule has 0 radical (unpaired) electrons.